The Hall–Kier alpha value is -1.80. The summed E-state index contributed by atoms with van der Waals surface area (Å²) in [6, 6.07) is 2.25. The highest BCUT2D eigenvalue weighted by molar-refractivity contribution is 7.89. The minimum absolute atomic E-state index is 0.0700. The lowest BCUT2D eigenvalue weighted by Gasteiger charge is -2.16. The molecule has 1 rings (SSSR count). The predicted octanol–water partition coefficient (Wildman–Crippen LogP) is 0.128. The Morgan fingerprint density at radius 3 is 2.55 bits per heavy atom. The number of carbonyl (C=O) groups excluding carboxylic acids is 1. The van der Waals surface area contributed by atoms with Crippen LogP contribution in [0.3, 0.4) is 0 Å². The minimum atomic E-state index is -3.85. The molecule has 0 aliphatic heterocycles. The molecule has 112 valence electrons. The van der Waals surface area contributed by atoms with Gasteiger partial charge < -0.3 is 16.2 Å². The van der Waals surface area contributed by atoms with Crippen LogP contribution in [0, 0.1) is 6.92 Å². The molecular formula is C12H19N3O4S. The smallest absolute Gasteiger partial charge is 0.244 e. The molecule has 20 heavy (non-hydrogen) atoms. The number of nitrogens with two attached hydrogens (primary N) is 2. The number of sulfonamides is 1. The van der Waals surface area contributed by atoms with Crippen LogP contribution in [-0.4, -0.2) is 27.5 Å². The van der Waals surface area contributed by atoms with E-state index in [0.29, 0.717) is 11.3 Å². The number of ether oxygens (including phenoxy) is 1. The van der Waals surface area contributed by atoms with E-state index in [2.05, 4.69) is 4.72 Å². The molecule has 7 nitrogen and oxygen atoms in total. The lowest BCUT2D eigenvalue weighted by Crippen LogP contribution is -2.35. The molecular weight excluding hydrogens is 282 g/mol. The fraction of sp³-hybridized carbons (Fsp3) is 0.417. The van der Waals surface area contributed by atoms with Crippen LogP contribution in [0.4, 0.5) is 5.69 Å². The van der Waals surface area contributed by atoms with Crippen molar-refractivity contribution in [3.8, 4) is 5.75 Å². The third-order valence-electron chi connectivity index (χ3n) is 2.71. The van der Waals surface area contributed by atoms with Crippen LogP contribution < -0.4 is 20.9 Å². The van der Waals surface area contributed by atoms with Crippen LogP contribution in [0.15, 0.2) is 17.0 Å². The van der Waals surface area contributed by atoms with E-state index >= 15 is 0 Å². The number of hydrogen-bond donors (Lipinski definition) is 3. The number of anilines is 1. The number of carbonyl (C=O) groups is 1. The molecule has 0 aliphatic rings. The molecule has 5 N–H and O–H groups in total. The van der Waals surface area contributed by atoms with Gasteiger partial charge in [0.2, 0.25) is 15.9 Å². The van der Waals surface area contributed by atoms with Crippen molar-refractivity contribution in [2.24, 2.45) is 5.73 Å². The molecule has 0 heterocycles. The van der Waals surface area contributed by atoms with Gasteiger partial charge in [-0.05, 0) is 31.5 Å². The number of rotatable bonds is 6. The van der Waals surface area contributed by atoms with Crippen molar-refractivity contribution in [3.63, 3.8) is 0 Å². The summed E-state index contributed by atoms with van der Waals surface area (Å²) in [5.74, 6) is -0.397. The maximum absolute atomic E-state index is 12.3. The van der Waals surface area contributed by atoms with Crippen molar-refractivity contribution in [2.45, 2.75) is 31.2 Å². The summed E-state index contributed by atoms with van der Waals surface area (Å²) in [7, 11) is -2.48. The molecule has 0 radical (unpaired) electrons. The number of amides is 1. The van der Waals surface area contributed by atoms with Crippen molar-refractivity contribution in [1.82, 2.24) is 4.72 Å². The highest BCUT2D eigenvalue weighted by Gasteiger charge is 2.23. The predicted molar refractivity (Wildman–Crippen MR) is 75.7 cm³/mol. The van der Waals surface area contributed by atoms with E-state index in [4.69, 9.17) is 16.2 Å². The molecule has 1 amide bonds. The van der Waals surface area contributed by atoms with Gasteiger partial charge in [-0.1, -0.05) is 0 Å². The topological polar surface area (TPSA) is 125 Å². The summed E-state index contributed by atoms with van der Waals surface area (Å²) < 4.78 is 32.0. The van der Waals surface area contributed by atoms with Crippen LogP contribution >= 0.6 is 0 Å². The number of hydrogen-bond acceptors (Lipinski definition) is 5. The second kappa shape index (κ2) is 6.10. The van der Waals surface area contributed by atoms with Gasteiger partial charge >= 0.3 is 0 Å². The largest absolute Gasteiger partial charge is 0.495 e. The Kier molecular flexibility index (Phi) is 4.96. The van der Waals surface area contributed by atoms with Gasteiger partial charge in [0.1, 0.15) is 10.6 Å². The molecule has 1 aromatic rings. The summed E-state index contributed by atoms with van der Waals surface area (Å²) >= 11 is 0. The normalized spacial score (nSPS) is 12.9. The number of nitrogen functional groups attached to an aromatic ring is 1. The Morgan fingerprint density at radius 1 is 1.45 bits per heavy atom. The van der Waals surface area contributed by atoms with Gasteiger partial charge in [0.15, 0.2) is 0 Å². The third-order valence-corrected chi connectivity index (χ3v) is 4.32. The van der Waals surface area contributed by atoms with E-state index < -0.39 is 22.0 Å². The van der Waals surface area contributed by atoms with Gasteiger partial charge in [0.05, 0.1) is 7.11 Å². The van der Waals surface area contributed by atoms with E-state index in [1.54, 1.807) is 19.9 Å². The Labute approximate surface area is 118 Å². The van der Waals surface area contributed by atoms with Crippen molar-refractivity contribution in [3.05, 3.63) is 17.7 Å². The van der Waals surface area contributed by atoms with Gasteiger partial charge in [-0.15, -0.1) is 0 Å². The summed E-state index contributed by atoms with van der Waals surface area (Å²) in [5.41, 5.74) is 11.8. The molecule has 0 aromatic heterocycles. The van der Waals surface area contributed by atoms with Crippen LogP contribution in [-0.2, 0) is 14.8 Å². The molecule has 8 heteroatoms. The van der Waals surface area contributed by atoms with Crippen LogP contribution in [0.25, 0.3) is 0 Å². The Balaban J connectivity index is 3.15. The van der Waals surface area contributed by atoms with Gasteiger partial charge in [-0.25, -0.2) is 13.1 Å². The zero-order chi connectivity index (χ0) is 15.5. The fourth-order valence-electron chi connectivity index (χ4n) is 1.72. The highest BCUT2D eigenvalue weighted by atomic mass is 32.2. The maximum Gasteiger partial charge on any atom is 0.244 e. The van der Waals surface area contributed by atoms with E-state index in [1.807, 2.05) is 0 Å². The number of aryl methyl sites for hydroxylation is 1. The highest BCUT2D eigenvalue weighted by Crippen LogP contribution is 2.28. The summed E-state index contributed by atoms with van der Waals surface area (Å²) in [4.78, 5) is 10.7. The van der Waals surface area contributed by atoms with E-state index in [-0.39, 0.29) is 17.1 Å². The van der Waals surface area contributed by atoms with Gasteiger partial charge in [0, 0.05) is 18.2 Å². The minimum Gasteiger partial charge on any atom is -0.495 e. The van der Waals surface area contributed by atoms with Crippen LogP contribution in [0.5, 0.6) is 5.75 Å². The van der Waals surface area contributed by atoms with Crippen molar-refractivity contribution >= 4 is 21.6 Å². The van der Waals surface area contributed by atoms with Crippen molar-refractivity contribution in [2.75, 3.05) is 12.8 Å². The van der Waals surface area contributed by atoms with Gasteiger partial charge in [-0.2, -0.15) is 0 Å². The Bertz CT molecular complexity index is 613. The number of primary amides is 1. The lowest BCUT2D eigenvalue weighted by molar-refractivity contribution is -0.118. The van der Waals surface area contributed by atoms with E-state index in [1.165, 1.54) is 13.2 Å². The van der Waals surface area contributed by atoms with Gasteiger partial charge in [-0.3, -0.25) is 4.79 Å². The van der Waals surface area contributed by atoms with Gasteiger partial charge in [0.25, 0.3) is 0 Å². The quantitative estimate of drug-likeness (QED) is 0.644. The molecule has 0 saturated heterocycles. The SMILES string of the molecule is COc1cc(C)c(N)cc1S(=O)(=O)NC(C)CC(N)=O. The first kappa shape index (κ1) is 16.3. The molecule has 0 spiro atoms. The molecule has 1 atom stereocenters. The number of methoxy groups -OCH3 is 1. The zero-order valence-corrected chi connectivity index (χ0v) is 12.5. The van der Waals surface area contributed by atoms with E-state index in [0.717, 1.165) is 0 Å². The van der Waals surface area contributed by atoms with Crippen LogP contribution in [0.2, 0.25) is 0 Å². The molecule has 1 aromatic carbocycles. The number of benzene rings is 1. The monoisotopic (exact) mass is 301 g/mol. The van der Waals surface area contributed by atoms with Crippen molar-refractivity contribution < 1.29 is 17.9 Å². The van der Waals surface area contributed by atoms with Crippen molar-refractivity contribution in [1.29, 1.82) is 0 Å². The van der Waals surface area contributed by atoms with Crippen LogP contribution in [0.1, 0.15) is 18.9 Å². The maximum atomic E-state index is 12.3. The lowest BCUT2D eigenvalue weighted by atomic mass is 10.2. The summed E-state index contributed by atoms with van der Waals surface area (Å²) in [6.45, 7) is 3.30. The fourth-order valence-corrected chi connectivity index (χ4v) is 3.15. The molecule has 0 aliphatic carbocycles. The number of nitrogens with one attached hydrogen (secondary N) is 1. The second-order valence-electron chi connectivity index (χ2n) is 4.55. The average molecular weight is 301 g/mol. The summed E-state index contributed by atoms with van der Waals surface area (Å²) in [5, 5.41) is 0. The molecule has 0 fully saturated rings. The summed E-state index contributed by atoms with van der Waals surface area (Å²) in [6.07, 6.45) is -0.0944. The first-order valence-corrected chi connectivity index (χ1v) is 7.40. The standard InChI is InChI=1S/C12H19N3O4S/c1-7-4-10(19-3)11(6-9(7)13)20(17,18)15-8(2)5-12(14)16/h4,6,8,15H,5,13H2,1-3H3,(H2,14,16). The first-order chi connectivity index (χ1) is 9.17. The zero-order valence-electron chi connectivity index (χ0n) is 11.6. The molecule has 1 unspecified atom stereocenters. The molecule has 0 bridgehead atoms. The molecule has 0 saturated carbocycles. The average Bonchev–Trinajstić information content (AvgIpc) is 2.29. The Morgan fingerprint density at radius 2 is 2.05 bits per heavy atom. The first-order valence-electron chi connectivity index (χ1n) is 5.92. The second-order valence-corrected chi connectivity index (χ2v) is 6.23. The van der Waals surface area contributed by atoms with E-state index in [9.17, 15) is 13.2 Å². The third kappa shape index (κ3) is 3.84.